The Balaban J connectivity index is 1.33. The molecule has 0 unspecified atom stereocenters. The first-order chi connectivity index (χ1) is 12.5. The Morgan fingerprint density at radius 2 is 1.65 bits per heavy atom. The molecule has 1 amide bonds. The van der Waals surface area contributed by atoms with Gasteiger partial charge in [0.25, 0.3) is 5.91 Å². The second-order valence-corrected chi connectivity index (χ2v) is 12.0. The molecule has 0 saturated carbocycles. The Morgan fingerprint density at radius 3 is 2.23 bits per heavy atom. The third-order valence-corrected chi connectivity index (χ3v) is 10.2. The second-order valence-electron chi connectivity index (χ2n) is 7.08. The summed E-state index contributed by atoms with van der Waals surface area (Å²) >= 11 is 3.94. The van der Waals surface area contributed by atoms with Crippen molar-refractivity contribution in [3.63, 3.8) is 0 Å². The lowest BCUT2D eigenvalue weighted by Crippen LogP contribution is -2.52. The maximum atomic E-state index is 12.8. The zero-order valence-electron chi connectivity index (χ0n) is 14.7. The molecule has 0 aliphatic carbocycles. The maximum Gasteiger partial charge on any atom is 0.253 e. The van der Waals surface area contributed by atoms with E-state index in [1.165, 1.54) is 17.1 Å². The summed E-state index contributed by atoms with van der Waals surface area (Å²) < 4.78 is 23.8. The number of amides is 1. The summed E-state index contributed by atoms with van der Waals surface area (Å²) in [5, 5.41) is 0. The summed E-state index contributed by atoms with van der Waals surface area (Å²) in [6.07, 6.45) is 0.731. The molecule has 8 heteroatoms. The number of sulfone groups is 1. The number of nitrogens with zero attached hydrogens (tertiary/aromatic N) is 2. The van der Waals surface area contributed by atoms with E-state index in [9.17, 15) is 13.2 Å². The fourth-order valence-electron chi connectivity index (χ4n) is 3.87. The lowest BCUT2D eigenvalue weighted by atomic mass is 10.1. The minimum atomic E-state index is -2.85. The molecule has 0 radical (unpaired) electrons. The molecule has 4 rings (SSSR count). The van der Waals surface area contributed by atoms with Gasteiger partial charge in [-0.2, -0.15) is 0 Å². The molecule has 0 bridgehead atoms. The molecule has 1 aromatic rings. The van der Waals surface area contributed by atoms with Crippen LogP contribution in [0.1, 0.15) is 26.9 Å². The smallest absolute Gasteiger partial charge is 0.253 e. The van der Waals surface area contributed by atoms with E-state index in [0.717, 1.165) is 25.1 Å². The van der Waals surface area contributed by atoms with E-state index < -0.39 is 9.84 Å². The zero-order chi connectivity index (χ0) is 18.1. The number of carbonyl (C=O) groups is 1. The standard InChI is InChI=1S/C18H24N2O3S3/c21-17(14-1-3-15(4-2-14)18-24-10-11-25-18)20-8-6-19(7-9-20)16-5-12-26(22,23)13-16/h1-4,16,18H,5-13H2/t16-/m0/s1. The lowest BCUT2D eigenvalue weighted by molar-refractivity contribution is 0.0588. The van der Waals surface area contributed by atoms with Gasteiger partial charge in [-0.25, -0.2) is 8.42 Å². The topological polar surface area (TPSA) is 57.7 Å². The van der Waals surface area contributed by atoms with Crippen LogP contribution in [0.4, 0.5) is 0 Å². The van der Waals surface area contributed by atoms with Gasteiger partial charge in [0.05, 0.1) is 16.1 Å². The molecule has 3 aliphatic heterocycles. The van der Waals surface area contributed by atoms with Crippen LogP contribution in [0.5, 0.6) is 0 Å². The number of hydrogen-bond donors (Lipinski definition) is 0. The van der Waals surface area contributed by atoms with Gasteiger partial charge >= 0.3 is 0 Å². The van der Waals surface area contributed by atoms with Gasteiger partial charge in [-0.05, 0) is 24.1 Å². The average molecular weight is 413 g/mol. The Bertz CT molecular complexity index is 752. The molecule has 3 aliphatic rings. The van der Waals surface area contributed by atoms with E-state index in [1.54, 1.807) is 0 Å². The SMILES string of the molecule is O=C(c1ccc(C2SCCS2)cc1)N1CCN([C@H]2CCS(=O)(=O)C2)CC1. The molecule has 0 spiro atoms. The zero-order valence-corrected chi connectivity index (χ0v) is 17.1. The van der Waals surface area contributed by atoms with Crippen molar-refractivity contribution in [1.29, 1.82) is 0 Å². The lowest BCUT2D eigenvalue weighted by Gasteiger charge is -2.37. The van der Waals surface area contributed by atoms with Crippen LogP contribution in [0, 0.1) is 0 Å². The molecular weight excluding hydrogens is 388 g/mol. The molecule has 3 saturated heterocycles. The predicted octanol–water partition coefficient (Wildman–Crippen LogP) is 2.11. The molecule has 3 fully saturated rings. The van der Waals surface area contributed by atoms with Crippen LogP contribution in [-0.2, 0) is 9.84 Å². The Morgan fingerprint density at radius 1 is 1.00 bits per heavy atom. The van der Waals surface area contributed by atoms with Crippen molar-refractivity contribution in [2.45, 2.75) is 17.0 Å². The van der Waals surface area contributed by atoms with E-state index in [0.29, 0.717) is 23.4 Å². The normalized spacial score (nSPS) is 27.1. The summed E-state index contributed by atoms with van der Waals surface area (Å²) in [7, 11) is -2.85. The number of hydrogen-bond acceptors (Lipinski definition) is 6. The first kappa shape index (κ1) is 18.7. The highest BCUT2D eigenvalue weighted by Gasteiger charge is 2.34. The second kappa shape index (κ2) is 7.73. The van der Waals surface area contributed by atoms with Gasteiger partial charge in [0.1, 0.15) is 0 Å². The molecule has 142 valence electrons. The quantitative estimate of drug-likeness (QED) is 0.758. The van der Waals surface area contributed by atoms with Gasteiger partial charge in [-0.1, -0.05) is 12.1 Å². The number of thioether (sulfide) groups is 2. The van der Waals surface area contributed by atoms with Crippen molar-refractivity contribution < 1.29 is 13.2 Å². The van der Waals surface area contributed by atoms with Crippen LogP contribution in [-0.4, -0.2) is 79.4 Å². The largest absolute Gasteiger partial charge is 0.336 e. The first-order valence-corrected chi connectivity index (χ1v) is 13.0. The van der Waals surface area contributed by atoms with Crippen molar-refractivity contribution in [3.8, 4) is 0 Å². The van der Waals surface area contributed by atoms with E-state index in [2.05, 4.69) is 17.0 Å². The van der Waals surface area contributed by atoms with Crippen LogP contribution in [0.25, 0.3) is 0 Å². The molecule has 1 atom stereocenters. The Hall–Kier alpha value is -0.700. The molecule has 3 heterocycles. The molecule has 0 N–H and O–H groups in total. The Labute approximate surface area is 163 Å². The van der Waals surface area contributed by atoms with Crippen molar-refractivity contribution >= 4 is 39.3 Å². The Kier molecular flexibility index (Phi) is 5.55. The molecule has 1 aromatic carbocycles. The summed E-state index contributed by atoms with van der Waals surface area (Å²) in [5.74, 6) is 3.06. The van der Waals surface area contributed by atoms with E-state index >= 15 is 0 Å². The van der Waals surface area contributed by atoms with Crippen molar-refractivity contribution in [2.24, 2.45) is 0 Å². The minimum absolute atomic E-state index is 0.0852. The number of carbonyl (C=O) groups excluding carboxylic acids is 1. The first-order valence-electron chi connectivity index (χ1n) is 9.09. The van der Waals surface area contributed by atoms with Gasteiger partial charge in [-0.15, -0.1) is 23.5 Å². The third-order valence-electron chi connectivity index (χ3n) is 5.38. The van der Waals surface area contributed by atoms with Gasteiger partial charge in [-0.3, -0.25) is 9.69 Å². The van der Waals surface area contributed by atoms with Crippen molar-refractivity contribution in [3.05, 3.63) is 35.4 Å². The van der Waals surface area contributed by atoms with Crippen LogP contribution in [0.15, 0.2) is 24.3 Å². The summed E-state index contributed by atoms with van der Waals surface area (Å²) in [5.41, 5.74) is 2.04. The van der Waals surface area contributed by atoms with E-state index in [1.807, 2.05) is 40.6 Å². The molecule has 26 heavy (non-hydrogen) atoms. The monoisotopic (exact) mass is 412 g/mol. The van der Waals surface area contributed by atoms with Crippen LogP contribution in [0.3, 0.4) is 0 Å². The van der Waals surface area contributed by atoms with Crippen molar-refractivity contribution in [2.75, 3.05) is 49.2 Å². The van der Waals surface area contributed by atoms with Gasteiger partial charge < -0.3 is 4.90 Å². The molecule has 5 nitrogen and oxygen atoms in total. The van der Waals surface area contributed by atoms with Crippen LogP contribution >= 0.6 is 23.5 Å². The number of benzene rings is 1. The van der Waals surface area contributed by atoms with E-state index in [4.69, 9.17) is 0 Å². The van der Waals surface area contributed by atoms with Crippen LogP contribution < -0.4 is 0 Å². The average Bonchev–Trinajstić information content (AvgIpc) is 3.31. The van der Waals surface area contributed by atoms with Crippen LogP contribution in [0.2, 0.25) is 0 Å². The van der Waals surface area contributed by atoms with Gasteiger partial charge in [0.15, 0.2) is 9.84 Å². The number of rotatable bonds is 3. The van der Waals surface area contributed by atoms with Crippen molar-refractivity contribution in [1.82, 2.24) is 9.80 Å². The highest BCUT2D eigenvalue weighted by Crippen LogP contribution is 2.45. The third kappa shape index (κ3) is 4.08. The van der Waals surface area contributed by atoms with Gasteiger partial charge in [0.2, 0.25) is 0 Å². The fourth-order valence-corrected chi connectivity index (χ4v) is 8.49. The fraction of sp³-hybridized carbons (Fsp3) is 0.611. The van der Waals surface area contributed by atoms with E-state index in [-0.39, 0.29) is 17.7 Å². The molecule has 0 aromatic heterocycles. The highest BCUT2D eigenvalue weighted by atomic mass is 32.2. The summed E-state index contributed by atoms with van der Waals surface area (Å²) in [6.45, 7) is 2.87. The number of piperazine rings is 1. The van der Waals surface area contributed by atoms with Gasteiger partial charge in [0, 0.05) is 49.3 Å². The maximum absolute atomic E-state index is 12.8. The minimum Gasteiger partial charge on any atom is -0.336 e. The highest BCUT2D eigenvalue weighted by molar-refractivity contribution is 8.19. The summed E-state index contributed by atoms with van der Waals surface area (Å²) in [4.78, 5) is 16.9. The summed E-state index contributed by atoms with van der Waals surface area (Å²) in [6, 6.07) is 8.21. The molecular formula is C18H24N2O3S3. The predicted molar refractivity (Wildman–Crippen MR) is 109 cm³/mol.